The maximum absolute atomic E-state index is 12.7. The summed E-state index contributed by atoms with van der Waals surface area (Å²) in [6, 6.07) is 0. The Kier molecular flexibility index (Phi) is 46.4. The Morgan fingerprint density at radius 2 is 0.661 bits per heavy atom. The van der Waals surface area contributed by atoms with Gasteiger partial charge in [-0.15, -0.1) is 0 Å². The lowest BCUT2D eigenvalue weighted by atomic mass is 10.0. The summed E-state index contributed by atoms with van der Waals surface area (Å²) in [5.41, 5.74) is 0. The molecule has 0 aliphatic heterocycles. The van der Waals surface area contributed by atoms with Gasteiger partial charge in [0.2, 0.25) is 0 Å². The Morgan fingerprint density at radius 1 is 0.356 bits per heavy atom. The van der Waals surface area contributed by atoms with E-state index >= 15 is 0 Å². The van der Waals surface area contributed by atoms with Crippen molar-refractivity contribution >= 4 is 17.9 Å². The third-order valence-corrected chi connectivity index (χ3v) is 11.1. The van der Waals surface area contributed by atoms with Crippen molar-refractivity contribution in [3.05, 3.63) is 36.5 Å². The van der Waals surface area contributed by atoms with Crippen LogP contribution in [0.1, 0.15) is 265 Å². The van der Waals surface area contributed by atoms with Gasteiger partial charge in [0.1, 0.15) is 13.2 Å². The monoisotopic (exact) mass is 829 g/mol. The second kappa shape index (κ2) is 48.3. The number of carbonyl (C=O) groups excluding carboxylic acids is 3. The zero-order valence-electron chi connectivity index (χ0n) is 39.3. The summed E-state index contributed by atoms with van der Waals surface area (Å²) in [4.78, 5) is 37.9. The molecule has 0 aromatic carbocycles. The van der Waals surface area contributed by atoms with Crippen LogP contribution < -0.4 is 0 Å². The number of hydrogen-bond acceptors (Lipinski definition) is 6. The van der Waals surface area contributed by atoms with Gasteiger partial charge in [0.15, 0.2) is 6.10 Å². The van der Waals surface area contributed by atoms with E-state index in [2.05, 4.69) is 57.2 Å². The molecule has 0 amide bonds. The largest absolute Gasteiger partial charge is 0.462 e. The van der Waals surface area contributed by atoms with Crippen LogP contribution >= 0.6 is 0 Å². The number of esters is 3. The molecule has 0 rings (SSSR count). The first-order chi connectivity index (χ1) is 29.0. The first-order valence-corrected chi connectivity index (χ1v) is 25.5. The number of unbranched alkanes of at least 4 members (excludes halogenated alkanes) is 29. The molecule has 344 valence electrons. The molecule has 0 aromatic rings. The third-order valence-electron chi connectivity index (χ3n) is 11.1. The summed E-state index contributed by atoms with van der Waals surface area (Å²) < 4.78 is 16.8. The van der Waals surface area contributed by atoms with Crippen LogP contribution in [0.4, 0.5) is 0 Å². The maximum Gasteiger partial charge on any atom is 0.306 e. The Morgan fingerprint density at radius 3 is 1.03 bits per heavy atom. The highest BCUT2D eigenvalue weighted by Gasteiger charge is 2.19. The number of ether oxygens (including phenoxy) is 3. The van der Waals surface area contributed by atoms with Crippen LogP contribution in [-0.2, 0) is 28.6 Å². The molecule has 0 spiro atoms. The molecule has 0 saturated heterocycles. The molecule has 0 aliphatic rings. The molecular weight excluding hydrogens is 733 g/mol. The van der Waals surface area contributed by atoms with Crippen molar-refractivity contribution in [1.82, 2.24) is 0 Å². The lowest BCUT2D eigenvalue weighted by Gasteiger charge is -2.18. The van der Waals surface area contributed by atoms with E-state index in [1.54, 1.807) is 0 Å². The SMILES string of the molecule is CC/C=C\C/C=C\CCCCCCCC(=O)OC(COC(=O)CCCCCCCCC/C=C\CCCCCCCC)COC(=O)CCCCCCCCCCCCCC. The Balaban J connectivity index is 4.34. The quantitative estimate of drug-likeness (QED) is 0.0263. The molecule has 0 heterocycles. The Hall–Kier alpha value is -2.37. The van der Waals surface area contributed by atoms with Gasteiger partial charge < -0.3 is 14.2 Å². The maximum atomic E-state index is 12.7. The van der Waals surface area contributed by atoms with E-state index in [9.17, 15) is 14.4 Å². The minimum atomic E-state index is -0.776. The highest BCUT2D eigenvalue weighted by atomic mass is 16.6. The number of allylic oxidation sites excluding steroid dienone is 6. The van der Waals surface area contributed by atoms with Crippen molar-refractivity contribution in [2.45, 2.75) is 271 Å². The predicted molar refractivity (Wildman–Crippen MR) is 252 cm³/mol. The fourth-order valence-corrected chi connectivity index (χ4v) is 7.30. The molecule has 0 fully saturated rings. The summed E-state index contributed by atoms with van der Waals surface area (Å²) in [5.74, 6) is -0.888. The molecule has 0 N–H and O–H groups in total. The first-order valence-electron chi connectivity index (χ1n) is 25.5. The number of carbonyl (C=O) groups is 3. The van der Waals surface area contributed by atoms with Crippen LogP contribution in [0.2, 0.25) is 0 Å². The van der Waals surface area contributed by atoms with E-state index in [-0.39, 0.29) is 31.1 Å². The zero-order chi connectivity index (χ0) is 43.0. The minimum absolute atomic E-state index is 0.0766. The summed E-state index contributed by atoms with van der Waals surface area (Å²) in [7, 11) is 0. The van der Waals surface area contributed by atoms with E-state index < -0.39 is 6.10 Å². The molecule has 0 bridgehead atoms. The van der Waals surface area contributed by atoms with Gasteiger partial charge in [-0.2, -0.15) is 0 Å². The van der Waals surface area contributed by atoms with Gasteiger partial charge in [-0.05, 0) is 70.6 Å². The molecule has 1 unspecified atom stereocenters. The number of hydrogen-bond donors (Lipinski definition) is 0. The average molecular weight is 829 g/mol. The van der Waals surface area contributed by atoms with Gasteiger partial charge in [0, 0.05) is 19.3 Å². The van der Waals surface area contributed by atoms with Gasteiger partial charge >= 0.3 is 17.9 Å². The van der Waals surface area contributed by atoms with Crippen LogP contribution in [0, 0.1) is 0 Å². The zero-order valence-corrected chi connectivity index (χ0v) is 39.3. The van der Waals surface area contributed by atoms with Crippen molar-refractivity contribution in [3.63, 3.8) is 0 Å². The molecule has 6 nitrogen and oxygen atoms in total. The van der Waals surface area contributed by atoms with Crippen LogP contribution in [0.25, 0.3) is 0 Å². The van der Waals surface area contributed by atoms with E-state index in [0.29, 0.717) is 19.3 Å². The van der Waals surface area contributed by atoms with E-state index in [1.807, 2.05) is 0 Å². The predicted octanol–water partition coefficient (Wildman–Crippen LogP) is 16.5. The van der Waals surface area contributed by atoms with Crippen LogP contribution in [0.3, 0.4) is 0 Å². The third kappa shape index (κ3) is 46.5. The lowest BCUT2D eigenvalue weighted by molar-refractivity contribution is -0.167. The van der Waals surface area contributed by atoms with Crippen LogP contribution in [0.5, 0.6) is 0 Å². The van der Waals surface area contributed by atoms with Crippen molar-refractivity contribution < 1.29 is 28.6 Å². The fourth-order valence-electron chi connectivity index (χ4n) is 7.30. The van der Waals surface area contributed by atoms with E-state index in [0.717, 1.165) is 89.9 Å². The topological polar surface area (TPSA) is 78.9 Å². The van der Waals surface area contributed by atoms with E-state index in [1.165, 1.54) is 135 Å². The average Bonchev–Trinajstić information content (AvgIpc) is 3.23. The van der Waals surface area contributed by atoms with Gasteiger partial charge in [-0.3, -0.25) is 14.4 Å². The molecular formula is C53H96O6. The summed E-state index contributed by atoms with van der Waals surface area (Å²) in [5, 5.41) is 0. The van der Waals surface area contributed by atoms with Gasteiger partial charge in [-0.25, -0.2) is 0 Å². The smallest absolute Gasteiger partial charge is 0.306 e. The molecule has 0 radical (unpaired) electrons. The van der Waals surface area contributed by atoms with Crippen LogP contribution in [0.15, 0.2) is 36.5 Å². The van der Waals surface area contributed by atoms with Crippen molar-refractivity contribution in [3.8, 4) is 0 Å². The normalized spacial score (nSPS) is 12.3. The second-order valence-electron chi connectivity index (χ2n) is 17.1. The first kappa shape index (κ1) is 56.6. The molecule has 59 heavy (non-hydrogen) atoms. The van der Waals surface area contributed by atoms with E-state index in [4.69, 9.17) is 14.2 Å². The lowest BCUT2D eigenvalue weighted by Crippen LogP contribution is -2.30. The fraction of sp³-hybridized carbons (Fsp3) is 0.830. The van der Waals surface area contributed by atoms with Gasteiger partial charge in [-0.1, -0.05) is 211 Å². The minimum Gasteiger partial charge on any atom is -0.462 e. The Labute approximate surface area is 365 Å². The molecule has 6 heteroatoms. The second-order valence-corrected chi connectivity index (χ2v) is 17.1. The van der Waals surface area contributed by atoms with Crippen molar-refractivity contribution in [2.75, 3.05) is 13.2 Å². The number of rotatable bonds is 46. The summed E-state index contributed by atoms with van der Waals surface area (Å²) in [6.07, 6.45) is 55.6. The highest BCUT2D eigenvalue weighted by Crippen LogP contribution is 2.15. The van der Waals surface area contributed by atoms with Crippen LogP contribution in [-0.4, -0.2) is 37.2 Å². The summed E-state index contributed by atoms with van der Waals surface area (Å²) in [6.45, 7) is 6.52. The van der Waals surface area contributed by atoms with Gasteiger partial charge in [0.05, 0.1) is 0 Å². The Bertz CT molecular complexity index is 1000. The highest BCUT2D eigenvalue weighted by molar-refractivity contribution is 5.71. The van der Waals surface area contributed by atoms with Gasteiger partial charge in [0.25, 0.3) is 0 Å². The van der Waals surface area contributed by atoms with Crippen molar-refractivity contribution in [2.24, 2.45) is 0 Å². The molecule has 0 aromatic heterocycles. The standard InChI is InChI=1S/C53H96O6/c1-4-7-10-13-16-19-22-25-26-27-28-29-32-34-37-40-43-46-52(55)58-49-50(59-53(56)47-44-41-38-35-31-24-21-18-15-12-9-6-3)48-57-51(54)45-42-39-36-33-30-23-20-17-14-11-8-5-2/h9,12,18,21,25-26,50H,4-8,10-11,13-17,19-20,22-24,27-49H2,1-3H3/b12-9-,21-18-,26-25-. The molecule has 0 aliphatic carbocycles. The molecule has 1 atom stereocenters. The molecule has 0 saturated carbocycles. The van der Waals surface area contributed by atoms with Crippen molar-refractivity contribution in [1.29, 1.82) is 0 Å². The summed E-state index contributed by atoms with van der Waals surface area (Å²) >= 11 is 0.